The van der Waals surface area contributed by atoms with Gasteiger partial charge < -0.3 is 10.1 Å². The molecule has 0 fully saturated rings. The second-order valence-corrected chi connectivity index (χ2v) is 6.01. The lowest BCUT2D eigenvalue weighted by Crippen LogP contribution is -2.21. The molecule has 1 atom stereocenters. The minimum absolute atomic E-state index is 0.217. The summed E-state index contributed by atoms with van der Waals surface area (Å²) < 4.78 is 5.54. The third-order valence-corrected chi connectivity index (χ3v) is 3.36. The summed E-state index contributed by atoms with van der Waals surface area (Å²) in [4.78, 5) is 0. The predicted molar refractivity (Wildman–Crippen MR) is 83.2 cm³/mol. The second kappa shape index (κ2) is 8.80. The molecule has 0 aromatic heterocycles. The van der Waals surface area contributed by atoms with E-state index < -0.39 is 0 Å². The summed E-state index contributed by atoms with van der Waals surface area (Å²) in [6.07, 6.45) is 1.00. The number of halogens is 2. The van der Waals surface area contributed by atoms with Gasteiger partial charge in [-0.05, 0) is 43.5 Å². The smallest absolute Gasteiger partial charge is 0.0489 e. The van der Waals surface area contributed by atoms with E-state index in [2.05, 4.69) is 26.1 Å². The Balaban J connectivity index is 2.25. The van der Waals surface area contributed by atoms with Crippen LogP contribution in [0.25, 0.3) is 0 Å². The Morgan fingerprint density at radius 1 is 1.21 bits per heavy atom. The number of nitrogens with one attached hydrogen (secondary N) is 1. The summed E-state index contributed by atoms with van der Waals surface area (Å²) in [7, 11) is 0. The molecule has 4 heteroatoms. The molecule has 1 unspecified atom stereocenters. The zero-order valence-electron chi connectivity index (χ0n) is 11.9. The Morgan fingerprint density at radius 2 is 1.95 bits per heavy atom. The van der Waals surface area contributed by atoms with E-state index in [4.69, 9.17) is 27.9 Å². The Labute approximate surface area is 126 Å². The van der Waals surface area contributed by atoms with Crippen molar-refractivity contribution < 1.29 is 4.74 Å². The van der Waals surface area contributed by atoms with Crippen molar-refractivity contribution in [3.63, 3.8) is 0 Å². The molecular formula is C15H23Cl2NO. The lowest BCUT2D eigenvalue weighted by molar-refractivity contribution is 0.107. The molecule has 0 aliphatic rings. The summed E-state index contributed by atoms with van der Waals surface area (Å²) in [6.45, 7) is 8.96. The van der Waals surface area contributed by atoms with E-state index in [-0.39, 0.29) is 6.04 Å². The van der Waals surface area contributed by atoms with Gasteiger partial charge in [0.2, 0.25) is 0 Å². The largest absolute Gasteiger partial charge is 0.381 e. The molecule has 0 saturated heterocycles. The van der Waals surface area contributed by atoms with Crippen molar-refractivity contribution in [3.8, 4) is 0 Å². The normalized spacial score (nSPS) is 12.9. The van der Waals surface area contributed by atoms with Crippen LogP contribution in [0.3, 0.4) is 0 Å². The summed E-state index contributed by atoms with van der Waals surface area (Å²) in [5, 5.41) is 4.82. The van der Waals surface area contributed by atoms with Crippen molar-refractivity contribution in [2.45, 2.75) is 33.2 Å². The lowest BCUT2D eigenvalue weighted by Gasteiger charge is -2.16. The predicted octanol–water partition coefficient (Wildman–Crippen LogP) is 4.71. The zero-order chi connectivity index (χ0) is 14.3. The quantitative estimate of drug-likeness (QED) is 0.702. The van der Waals surface area contributed by atoms with Crippen LogP contribution < -0.4 is 5.32 Å². The fraction of sp³-hybridized carbons (Fsp3) is 0.600. The average Bonchev–Trinajstić information content (AvgIpc) is 2.32. The van der Waals surface area contributed by atoms with E-state index in [9.17, 15) is 0 Å². The van der Waals surface area contributed by atoms with Gasteiger partial charge in [0.25, 0.3) is 0 Å². The molecule has 0 aliphatic heterocycles. The lowest BCUT2D eigenvalue weighted by atomic mass is 10.1. The first kappa shape index (κ1) is 16.8. The van der Waals surface area contributed by atoms with E-state index in [1.807, 2.05) is 12.1 Å². The molecule has 1 N–H and O–H groups in total. The standard InChI is InChI=1S/C15H23Cl2NO/c1-11(2)10-19-8-4-7-18-12(3)14-6-5-13(16)9-15(14)17/h5-6,9,11-12,18H,4,7-8,10H2,1-3H3. The van der Waals surface area contributed by atoms with Gasteiger partial charge in [-0.1, -0.05) is 43.1 Å². The Bertz CT molecular complexity index is 382. The third kappa shape index (κ3) is 6.62. The van der Waals surface area contributed by atoms with Gasteiger partial charge in [-0.15, -0.1) is 0 Å². The molecule has 2 nitrogen and oxygen atoms in total. The minimum Gasteiger partial charge on any atom is -0.381 e. The van der Waals surface area contributed by atoms with E-state index in [0.717, 1.165) is 31.7 Å². The van der Waals surface area contributed by atoms with Crippen LogP contribution in [0.15, 0.2) is 18.2 Å². The van der Waals surface area contributed by atoms with Crippen LogP contribution in [0.4, 0.5) is 0 Å². The van der Waals surface area contributed by atoms with Gasteiger partial charge >= 0.3 is 0 Å². The molecule has 0 bridgehead atoms. The van der Waals surface area contributed by atoms with Gasteiger partial charge in [-0.2, -0.15) is 0 Å². The molecule has 0 spiro atoms. The van der Waals surface area contributed by atoms with Gasteiger partial charge in [0.15, 0.2) is 0 Å². The van der Waals surface area contributed by atoms with E-state index in [1.165, 1.54) is 0 Å². The van der Waals surface area contributed by atoms with Crippen molar-refractivity contribution in [1.29, 1.82) is 0 Å². The van der Waals surface area contributed by atoms with Crippen LogP contribution in [0.5, 0.6) is 0 Å². The molecule has 1 rings (SSSR count). The van der Waals surface area contributed by atoms with E-state index in [0.29, 0.717) is 16.0 Å². The molecule has 108 valence electrons. The summed E-state index contributed by atoms with van der Waals surface area (Å²) >= 11 is 12.1. The molecule has 1 aromatic rings. The monoisotopic (exact) mass is 303 g/mol. The maximum Gasteiger partial charge on any atom is 0.0489 e. The summed E-state index contributed by atoms with van der Waals surface area (Å²) in [6, 6.07) is 5.84. The molecule has 0 amide bonds. The van der Waals surface area contributed by atoms with Crippen LogP contribution in [0.2, 0.25) is 10.0 Å². The molecule has 0 heterocycles. The molecule has 1 aromatic carbocycles. The number of benzene rings is 1. The number of hydrogen-bond acceptors (Lipinski definition) is 2. The fourth-order valence-corrected chi connectivity index (χ4v) is 2.35. The van der Waals surface area contributed by atoms with Gasteiger partial charge in [-0.25, -0.2) is 0 Å². The van der Waals surface area contributed by atoms with Crippen molar-refractivity contribution in [3.05, 3.63) is 33.8 Å². The summed E-state index contributed by atoms with van der Waals surface area (Å²) in [5.74, 6) is 0.597. The van der Waals surface area contributed by atoms with E-state index in [1.54, 1.807) is 6.07 Å². The van der Waals surface area contributed by atoms with Gasteiger partial charge in [0, 0.05) is 29.3 Å². The van der Waals surface area contributed by atoms with Crippen LogP contribution in [0, 0.1) is 5.92 Å². The van der Waals surface area contributed by atoms with Crippen molar-refractivity contribution in [1.82, 2.24) is 5.32 Å². The van der Waals surface area contributed by atoms with Crippen LogP contribution >= 0.6 is 23.2 Å². The molecule has 19 heavy (non-hydrogen) atoms. The summed E-state index contributed by atoms with van der Waals surface area (Å²) in [5.41, 5.74) is 1.08. The number of hydrogen-bond donors (Lipinski definition) is 1. The topological polar surface area (TPSA) is 21.3 Å². The van der Waals surface area contributed by atoms with Crippen LogP contribution in [0.1, 0.15) is 38.8 Å². The first-order valence-electron chi connectivity index (χ1n) is 6.76. The van der Waals surface area contributed by atoms with E-state index >= 15 is 0 Å². The average molecular weight is 304 g/mol. The molecule has 0 radical (unpaired) electrons. The Hall–Kier alpha value is -0.280. The maximum absolute atomic E-state index is 6.17. The molecule has 0 saturated carbocycles. The second-order valence-electron chi connectivity index (χ2n) is 5.16. The highest BCUT2D eigenvalue weighted by molar-refractivity contribution is 6.35. The molecular weight excluding hydrogens is 281 g/mol. The third-order valence-electron chi connectivity index (χ3n) is 2.80. The van der Waals surface area contributed by atoms with Crippen molar-refractivity contribution in [2.75, 3.05) is 19.8 Å². The Morgan fingerprint density at radius 3 is 2.58 bits per heavy atom. The van der Waals surface area contributed by atoms with Gasteiger partial charge in [0.1, 0.15) is 0 Å². The fourth-order valence-electron chi connectivity index (χ4n) is 1.77. The van der Waals surface area contributed by atoms with Crippen molar-refractivity contribution in [2.24, 2.45) is 5.92 Å². The van der Waals surface area contributed by atoms with Crippen molar-refractivity contribution >= 4 is 23.2 Å². The van der Waals surface area contributed by atoms with Crippen LogP contribution in [-0.2, 0) is 4.74 Å². The maximum atomic E-state index is 6.17. The minimum atomic E-state index is 0.217. The van der Waals surface area contributed by atoms with Gasteiger partial charge in [0.05, 0.1) is 0 Å². The SMILES string of the molecule is CC(C)COCCCNC(C)c1ccc(Cl)cc1Cl. The number of ether oxygens (including phenoxy) is 1. The first-order valence-corrected chi connectivity index (χ1v) is 7.52. The highest BCUT2D eigenvalue weighted by Gasteiger charge is 2.09. The Kier molecular flexibility index (Phi) is 7.77. The molecule has 0 aliphatic carbocycles. The highest BCUT2D eigenvalue weighted by atomic mass is 35.5. The van der Waals surface area contributed by atoms with Crippen LogP contribution in [-0.4, -0.2) is 19.8 Å². The van der Waals surface area contributed by atoms with Gasteiger partial charge in [-0.3, -0.25) is 0 Å². The first-order chi connectivity index (χ1) is 9.00. The zero-order valence-corrected chi connectivity index (χ0v) is 13.4. The highest BCUT2D eigenvalue weighted by Crippen LogP contribution is 2.25. The number of rotatable bonds is 8.